The molecule has 0 spiro atoms. The molecule has 0 aliphatic carbocycles. The van der Waals surface area contributed by atoms with Gasteiger partial charge >= 0.3 is 5.97 Å². The summed E-state index contributed by atoms with van der Waals surface area (Å²) in [5, 5.41) is 5.63. The van der Waals surface area contributed by atoms with Crippen molar-refractivity contribution in [3.63, 3.8) is 0 Å². The number of rotatable bonds is 3. The summed E-state index contributed by atoms with van der Waals surface area (Å²) in [5.41, 5.74) is 1.58. The van der Waals surface area contributed by atoms with Gasteiger partial charge in [-0.05, 0) is 60.7 Å². The Morgan fingerprint density at radius 1 is 1.00 bits per heavy atom. The van der Waals surface area contributed by atoms with Crippen molar-refractivity contribution in [2.75, 3.05) is 12.4 Å². The second kappa shape index (κ2) is 7.85. The van der Waals surface area contributed by atoms with Crippen molar-refractivity contribution in [2.24, 2.45) is 0 Å². The summed E-state index contributed by atoms with van der Waals surface area (Å²) < 4.78 is 5.51. The molecule has 118 valence electrons. The fourth-order valence-electron chi connectivity index (χ4n) is 1.75. The zero-order chi connectivity index (χ0) is 16.8. The average molecular weight is 393 g/mol. The fourth-order valence-corrected chi connectivity index (χ4v) is 2.22. The van der Waals surface area contributed by atoms with Gasteiger partial charge in [-0.2, -0.15) is 0 Å². The van der Waals surface area contributed by atoms with Gasteiger partial charge in [-0.15, -0.1) is 0 Å². The van der Waals surface area contributed by atoms with Crippen molar-refractivity contribution in [3.8, 4) is 0 Å². The summed E-state index contributed by atoms with van der Waals surface area (Å²) in [6.07, 6.45) is 0. The molecule has 7 heteroatoms. The molecule has 0 unspecified atom stereocenters. The first-order valence-electron chi connectivity index (χ1n) is 6.56. The number of anilines is 1. The zero-order valence-corrected chi connectivity index (χ0v) is 14.5. The van der Waals surface area contributed by atoms with E-state index in [0.29, 0.717) is 16.8 Å². The third kappa shape index (κ3) is 4.87. The van der Waals surface area contributed by atoms with Gasteiger partial charge in [-0.3, -0.25) is 10.1 Å². The van der Waals surface area contributed by atoms with Crippen molar-refractivity contribution in [3.05, 3.63) is 64.1 Å². The Kier molecular flexibility index (Phi) is 5.84. The smallest absolute Gasteiger partial charge is 0.337 e. The summed E-state index contributed by atoms with van der Waals surface area (Å²) in [7, 11) is 1.32. The van der Waals surface area contributed by atoms with Gasteiger partial charge in [0.2, 0.25) is 0 Å². The highest BCUT2D eigenvalue weighted by molar-refractivity contribution is 9.10. The third-order valence-electron chi connectivity index (χ3n) is 2.90. The molecule has 0 bridgehead atoms. The number of esters is 1. The maximum Gasteiger partial charge on any atom is 0.337 e. The van der Waals surface area contributed by atoms with Crippen LogP contribution in [0.2, 0.25) is 0 Å². The average Bonchev–Trinajstić information content (AvgIpc) is 2.55. The minimum atomic E-state index is -0.414. The highest BCUT2D eigenvalue weighted by Gasteiger charge is 2.09. The summed E-state index contributed by atoms with van der Waals surface area (Å²) in [5.74, 6) is -0.719. The van der Waals surface area contributed by atoms with E-state index in [2.05, 4.69) is 31.3 Å². The first kappa shape index (κ1) is 17.1. The van der Waals surface area contributed by atoms with Crippen LogP contribution in [-0.4, -0.2) is 24.1 Å². The van der Waals surface area contributed by atoms with Crippen LogP contribution in [0, 0.1) is 0 Å². The van der Waals surface area contributed by atoms with E-state index in [4.69, 9.17) is 12.2 Å². The van der Waals surface area contributed by atoms with E-state index in [1.54, 1.807) is 48.5 Å². The molecular weight excluding hydrogens is 380 g/mol. The lowest BCUT2D eigenvalue weighted by Crippen LogP contribution is -2.34. The van der Waals surface area contributed by atoms with Gasteiger partial charge in [0.05, 0.1) is 12.7 Å². The van der Waals surface area contributed by atoms with Crippen molar-refractivity contribution in [1.82, 2.24) is 5.32 Å². The molecule has 0 saturated carbocycles. The van der Waals surface area contributed by atoms with E-state index in [0.717, 1.165) is 4.47 Å². The number of nitrogens with one attached hydrogen (secondary N) is 2. The molecule has 2 rings (SSSR count). The molecule has 2 aromatic carbocycles. The van der Waals surface area contributed by atoms with Crippen LogP contribution in [0.25, 0.3) is 0 Å². The molecule has 0 aromatic heterocycles. The number of carbonyl (C=O) groups excluding carboxylic acids is 2. The molecule has 0 radical (unpaired) electrons. The molecular formula is C16H13BrN2O3S. The summed E-state index contributed by atoms with van der Waals surface area (Å²) in [4.78, 5) is 23.4. The van der Waals surface area contributed by atoms with E-state index >= 15 is 0 Å². The standard InChI is InChI=1S/C16H13BrN2O3S/c1-22-15(21)11-4-8-13(9-5-11)18-16(23)19-14(20)10-2-6-12(17)7-3-10/h2-9H,1H3,(H2,18,19,20,23). The molecule has 5 nitrogen and oxygen atoms in total. The van der Waals surface area contributed by atoms with Crippen LogP contribution in [0.15, 0.2) is 53.0 Å². The monoisotopic (exact) mass is 392 g/mol. The Labute approximate surface area is 147 Å². The second-order valence-electron chi connectivity index (χ2n) is 4.48. The molecule has 2 aromatic rings. The van der Waals surface area contributed by atoms with Crippen LogP contribution in [0.4, 0.5) is 5.69 Å². The van der Waals surface area contributed by atoms with Crippen LogP contribution in [0.1, 0.15) is 20.7 Å². The highest BCUT2D eigenvalue weighted by atomic mass is 79.9. The zero-order valence-electron chi connectivity index (χ0n) is 12.1. The summed E-state index contributed by atoms with van der Waals surface area (Å²) in [6.45, 7) is 0. The predicted octanol–water partition coefficient (Wildman–Crippen LogP) is 3.36. The number of hydrogen-bond donors (Lipinski definition) is 2. The van der Waals surface area contributed by atoms with Crippen molar-refractivity contribution >= 4 is 50.8 Å². The molecule has 1 amide bonds. The molecule has 0 heterocycles. The largest absolute Gasteiger partial charge is 0.465 e. The molecule has 2 N–H and O–H groups in total. The molecule has 0 aliphatic heterocycles. The van der Waals surface area contributed by atoms with Gasteiger partial charge < -0.3 is 10.1 Å². The lowest BCUT2D eigenvalue weighted by atomic mass is 10.2. The first-order chi connectivity index (χ1) is 11.0. The van der Waals surface area contributed by atoms with Crippen LogP contribution in [0.3, 0.4) is 0 Å². The van der Waals surface area contributed by atoms with Gasteiger partial charge in [0.25, 0.3) is 5.91 Å². The van der Waals surface area contributed by atoms with Gasteiger partial charge in [0.1, 0.15) is 0 Å². The number of thiocarbonyl (C=S) groups is 1. The lowest BCUT2D eigenvalue weighted by Gasteiger charge is -2.10. The molecule has 0 atom stereocenters. The summed E-state index contributed by atoms with van der Waals surface area (Å²) >= 11 is 8.41. The molecule has 0 fully saturated rings. The van der Waals surface area contributed by atoms with E-state index in [1.165, 1.54) is 7.11 Å². The number of amides is 1. The minimum absolute atomic E-state index is 0.170. The molecule has 23 heavy (non-hydrogen) atoms. The van der Waals surface area contributed by atoms with Crippen LogP contribution in [-0.2, 0) is 4.74 Å². The van der Waals surface area contributed by atoms with Crippen LogP contribution in [0.5, 0.6) is 0 Å². The predicted molar refractivity (Wildman–Crippen MR) is 95.6 cm³/mol. The first-order valence-corrected chi connectivity index (χ1v) is 7.76. The second-order valence-corrected chi connectivity index (χ2v) is 5.81. The quantitative estimate of drug-likeness (QED) is 0.619. The molecule has 0 aliphatic rings. The number of benzene rings is 2. The minimum Gasteiger partial charge on any atom is -0.465 e. The van der Waals surface area contributed by atoms with Crippen molar-refractivity contribution in [1.29, 1.82) is 0 Å². The van der Waals surface area contributed by atoms with Crippen LogP contribution < -0.4 is 10.6 Å². The van der Waals surface area contributed by atoms with Crippen molar-refractivity contribution in [2.45, 2.75) is 0 Å². The third-order valence-corrected chi connectivity index (χ3v) is 3.63. The highest BCUT2D eigenvalue weighted by Crippen LogP contribution is 2.12. The Balaban J connectivity index is 1.95. The fraction of sp³-hybridized carbons (Fsp3) is 0.0625. The Morgan fingerprint density at radius 3 is 2.13 bits per heavy atom. The maximum atomic E-state index is 12.0. The van der Waals surface area contributed by atoms with E-state index in [9.17, 15) is 9.59 Å². The SMILES string of the molecule is COC(=O)c1ccc(NC(=S)NC(=O)c2ccc(Br)cc2)cc1. The number of methoxy groups -OCH3 is 1. The molecule has 0 saturated heterocycles. The summed E-state index contributed by atoms with van der Waals surface area (Å²) in [6, 6.07) is 13.5. The normalized spacial score (nSPS) is 9.83. The Morgan fingerprint density at radius 2 is 1.57 bits per heavy atom. The van der Waals surface area contributed by atoms with Gasteiger partial charge in [-0.1, -0.05) is 15.9 Å². The van der Waals surface area contributed by atoms with E-state index in [-0.39, 0.29) is 11.0 Å². The van der Waals surface area contributed by atoms with Crippen molar-refractivity contribution < 1.29 is 14.3 Å². The van der Waals surface area contributed by atoms with Gasteiger partial charge in [0, 0.05) is 15.7 Å². The number of ether oxygens (including phenoxy) is 1. The Bertz CT molecular complexity index is 730. The topological polar surface area (TPSA) is 67.4 Å². The van der Waals surface area contributed by atoms with Crippen LogP contribution >= 0.6 is 28.1 Å². The van der Waals surface area contributed by atoms with Gasteiger partial charge in [0.15, 0.2) is 5.11 Å². The van der Waals surface area contributed by atoms with E-state index < -0.39 is 5.97 Å². The lowest BCUT2D eigenvalue weighted by molar-refractivity contribution is 0.0600. The number of halogens is 1. The maximum absolute atomic E-state index is 12.0. The Hall–Kier alpha value is -2.25. The van der Waals surface area contributed by atoms with Gasteiger partial charge in [-0.25, -0.2) is 4.79 Å². The van der Waals surface area contributed by atoms with E-state index in [1.807, 2.05) is 0 Å². The number of carbonyl (C=O) groups is 2. The number of hydrogen-bond acceptors (Lipinski definition) is 4.